The van der Waals surface area contributed by atoms with Crippen molar-refractivity contribution in [2.24, 2.45) is 0 Å². The largest absolute Gasteiger partial charge is 0.477 e. The van der Waals surface area contributed by atoms with Gasteiger partial charge in [-0.3, -0.25) is 0 Å². The van der Waals surface area contributed by atoms with Crippen molar-refractivity contribution in [3.8, 4) is 5.69 Å². The SMILES string of the molecule is O=C(O)c1cc2cccc3c2n1-c1ccccc1CC3. The van der Waals surface area contributed by atoms with Crippen LogP contribution in [0.3, 0.4) is 0 Å². The number of fused-ring (bicyclic) bond motifs is 2. The molecule has 0 atom stereocenters. The molecule has 3 heteroatoms. The fourth-order valence-corrected chi connectivity index (χ4v) is 3.15. The number of carboxylic acid groups (broad SMARTS) is 1. The van der Waals surface area contributed by atoms with Gasteiger partial charge in [-0.05, 0) is 36.1 Å². The molecule has 3 nitrogen and oxygen atoms in total. The smallest absolute Gasteiger partial charge is 0.352 e. The number of carbonyl (C=O) groups is 1. The van der Waals surface area contributed by atoms with Gasteiger partial charge in [-0.1, -0.05) is 36.4 Å². The number of benzene rings is 2. The van der Waals surface area contributed by atoms with Gasteiger partial charge < -0.3 is 9.67 Å². The maximum Gasteiger partial charge on any atom is 0.352 e. The van der Waals surface area contributed by atoms with Crippen molar-refractivity contribution < 1.29 is 9.90 Å². The number of aromatic nitrogens is 1. The highest BCUT2D eigenvalue weighted by atomic mass is 16.4. The van der Waals surface area contributed by atoms with Gasteiger partial charge >= 0.3 is 5.97 Å². The van der Waals surface area contributed by atoms with Crippen LogP contribution in [0.25, 0.3) is 16.6 Å². The van der Waals surface area contributed by atoms with Crippen LogP contribution in [0.4, 0.5) is 0 Å². The molecule has 0 aliphatic carbocycles. The van der Waals surface area contributed by atoms with Gasteiger partial charge in [0, 0.05) is 11.1 Å². The summed E-state index contributed by atoms with van der Waals surface area (Å²) in [4.78, 5) is 11.6. The first-order chi connectivity index (χ1) is 9.75. The molecule has 0 spiro atoms. The van der Waals surface area contributed by atoms with Crippen molar-refractivity contribution in [1.29, 1.82) is 0 Å². The third-order valence-corrected chi connectivity index (χ3v) is 4.02. The number of hydrogen-bond donors (Lipinski definition) is 1. The van der Waals surface area contributed by atoms with E-state index in [0.717, 1.165) is 29.4 Å². The van der Waals surface area contributed by atoms with Crippen molar-refractivity contribution in [1.82, 2.24) is 4.57 Å². The number of aromatic carboxylic acids is 1. The molecule has 1 aliphatic rings. The second-order valence-electron chi connectivity index (χ2n) is 5.15. The first kappa shape index (κ1) is 11.3. The highest BCUT2D eigenvalue weighted by Gasteiger charge is 2.22. The van der Waals surface area contributed by atoms with Gasteiger partial charge in [0.2, 0.25) is 0 Å². The maximum absolute atomic E-state index is 11.6. The standard InChI is InChI=1S/C17H13NO2/c19-17(20)15-10-13-6-3-5-12-9-8-11-4-1-2-7-14(11)18(15)16(12)13/h1-7,10H,8-9H2,(H,19,20). The van der Waals surface area contributed by atoms with E-state index in [1.807, 2.05) is 34.9 Å². The molecule has 0 saturated carbocycles. The number of aryl methyl sites for hydroxylation is 2. The zero-order valence-corrected chi connectivity index (χ0v) is 10.8. The number of nitrogens with zero attached hydrogens (tertiary/aromatic N) is 1. The van der Waals surface area contributed by atoms with Gasteiger partial charge in [0.25, 0.3) is 0 Å². The van der Waals surface area contributed by atoms with E-state index in [1.165, 1.54) is 11.1 Å². The third kappa shape index (κ3) is 1.43. The summed E-state index contributed by atoms with van der Waals surface area (Å²) in [6, 6.07) is 15.9. The van der Waals surface area contributed by atoms with Crippen LogP contribution in [0.1, 0.15) is 21.6 Å². The second kappa shape index (κ2) is 3.97. The quantitative estimate of drug-likeness (QED) is 0.731. The van der Waals surface area contributed by atoms with Crippen LogP contribution in [-0.4, -0.2) is 15.6 Å². The molecule has 1 N–H and O–H groups in total. The van der Waals surface area contributed by atoms with E-state index >= 15 is 0 Å². The summed E-state index contributed by atoms with van der Waals surface area (Å²) in [5, 5.41) is 10.5. The zero-order chi connectivity index (χ0) is 13.7. The molecule has 3 aromatic rings. The second-order valence-corrected chi connectivity index (χ2v) is 5.15. The predicted molar refractivity (Wildman–Crippen MR) is 77.6 cm³/mol. The lowest BCUT2D eigenvalue weighted by molar-refractivity contribution is 0.0688. The molecule has 4 rings (SSSR count). The van der Waals surface area contributed by atoms with Crippen molar-refractivity contribution in [2.45, 2.75) is 12.8 Å². The Labute approximate surface area is 116 Å². The van der Waals surface area contributed by atoms with Crippen LogP contribution in [0.5, 0.6) is 0 Å². The molecule has 0 amide bonds. The van der Waals surface area contributed by atoms with E-state index in [4.69, 9.17) is 0 Å². The number of rotatable bonds is 1. The number of carboxylic acids is 1. The van der Waals surface area contributed by atoms with Crippen LogP contribution >= 0.6 is 0 Å². The Morgan fingerprint density at radius 3 is 2.60 bits per heavy atom. The Balaban J connectivity index is 2.20. The Morgan fingerprint density at radius 1 is 1.00 bits per heavy atom. The minimum absolute atomic E-state index is 0.335. The zero-order valence-electron chi connectivity index (χ0n) is 10.8. The molecule has 0 saturated heterocycles. The summed E-state index contributed by atoms with van der Waals surface area (Å²) in [5.41, 5.74) is 4.77. The van der Waals surface area contributed by atoms with Crippen molar-refractivity contribution >= 4 is 16.9 Å². The average molecular weight is 263 g/mol. The monoisotopic (exact) mass is 263 g/mol. The van der Waals surface area contributed by atoms with E-state index in [0.29, 0.717) is 5.69 Å². The molecule has 2 aromatic carbocycles. The Hall–Kier alpha value is -2.55. The van der Waals surface area contributed by atoms with E-state index in [-0.39, 0.29) is 0 Å². The van der Waals surface area contributed by atoms with E-state index in [2.05, 4.69) is 12.1 Å². The number of hydrogen-bond acceptors (Lipinski definition) is 1. The first-order valence-electron chi connectivity index (χ1n) is 6.70. The molecule has 0 radical (unpaired) electrons. The van der Waals surface area contributed by atoms with Crippen LogP contribution in [0.15, 0.2) is 48.5 Å². The van der Waals surface area contributed by atoms with Crippen LogP contribution in [0.2, 0.25) is 0 Å². The summed E-state index contributed by atoms with van der Waals surface area (Å²) in [6.45, 7) is 0. The Kier molecular flexibility index (Phi) is 2.24. The van der Waals surface area contributed by atoms with Crippen molar-refractivity contribution in [2.75, 3.05) is 0 Å². The summed E-state index contributed by atoms with van der Waals surface area (Å²) in [5.74, 6) is -0.885. The molecular weight excluding hydrogens is 250 g/mol. The lowest BCUT2D eigenvalue weighted by Gasteiger charge is -2.11. The molecule has 98 valence electrons. The average Bonchev–Trinajstić information content (AvgIpc) is 2.77. The molecule has 0 fully saturated rings. The summed E-state index contributed by atoms with van der Waals surface area (Å²) in [6.07, 6.45) is 1.88. The molecule has 20 heavy (non-hydrogen) atoms. The summed E-state index contributed by atoms with van der Waals surface area (Å²) < 4.78 is 1.90. The maximum atomic E-state index is 11.6. The highest BCUT2D eigenvalue weighted by molar-refractivity contribution is 5.97. The highest BCUT2D eigenvalue weighted by Crippen LogP contribution is 2.32. The van der Waals surface area contributed by atoms with Crippen LogP contribution in [-0.2, 0) is 12.8 Å². The summed E-state index contributed by atoms with van der Waals surface area (Å²) in [7, 11) is 0. The lowest BCUT2D eigenvalue weighted by Crippen LogP contribution is -2.07. The normalized spacial score (nSPS) is 13.0. The Bertz CT molecular complexity index is 845. The number of para-hydroxylation sites is 2. The topological polar surface area (TPSA) is 42.2 Å². The van der Waals surface area contributed by atoms with Crippen LogP contribution < -0.4 is 0 Å². The van der Waals surface area contributed by atoms with Gasteiger partial charge in [-0.15, -0.1) is 0 Å². The first-order valence-corrected chi connectivity index (χ1v) is 6.70. The minimum Gasteiger partial charge on any atom is -0.477 e. The molecular formula is C17H13NO2. The molecule has 2 heterocycles. The Morgan fingerprint density at radius 2 is 1.75 bits per heavy atom. The van der Waals surface area contributed by atoms with Gasteiger partial charge in [0.1, 0.15) is 5.69 Å². The third-order valence-electron chi connectivity index (χ3n) is 4.02. The van der Waals surface area contributed by atoms with E-state index in [9.17, 15) is 9.90 Å². The molecule has 0 bridgehead atoms. The fourth-order valence-electron chi connectivity index (χ4n) is 3.15. The van der Waals surface area contributed by atoms with E-state index < -0.39 is 5.97 Å². The van der Waals surface area contributed by atoms with E-state index in [1.54, 1.807) is 6.07 Å². The molecule has 0 unspecified atom stereocenters. The predicted octanol–water partition coefficient (Wildman–Crippen LogP) is 3.43. The van der Waals surface area contributed by atoms with Crippen molar-refractivity contribution in [3.63, 3.8) is 0 Å². The fraction of sp³-hybridized carbons (Fsp3) is 0.118. The van der Waals surface area contributed by atoms with Gasteiger partial charge in [-0.25, -0.2) is 4.79 Å². The molecule has 1 aromatic heterocycles. The van der Waals surface area contributed by atoms with Crippen LogP contribution in [0, 0.1) is 0 Å². The summed E-state index contributed by atoms with van der Waals surface area (Å²) >= 11 is 0. The van der Waals surface area contributed by atoms with Gasteiger partial charge in [0.05, 0.1) is 5.52 Å². The van der Waals surface area contributed by atoms with Crippen molar-refractivity contribution in [3.05, 3.63) is 65.4 Å². The lowest BCUT2D eigenvalue weighted by atomic mass is 10.0. The minimum atomic E-state index is -0.885. The van der Waals surface area contributed by atoms with Gasteiger partial charge in [-0.2, -0.15) is 0 Å². The molecule has 1 aliphatic heterocycles. The van der Waals surface area contributed by atoms with Gasteiger partial charge in [0.15, 0.2) is 0 Å².